The standard InChI is InChI=1S/C13H16FN3/c1-2-13-16-7-8-17(13)9-12(15)10-3-5-11(14)6-4-10/h3-8,12H,2,9,15H2,1H3. The highest BCUT2D eigenvalue weighted by Gasteiger charge is 2.09. The van der Waals surface area contributed by atoms with E-state index in [9.17, 15) is 4.39 Å². The van der Waals surface area contributed by atoms with Crippen LogP contribution in [0.2, 0.25) is 0 Å². The molecule has 0 saturated carbocycles. The van der Waals surface area contributed by atoms with Crippen molar-refractivity contribution in [1.82, 2.24) is 9.55 Å². The lowest BCUT2D eigenvalue weighted by Gasteiger charge is -2.14. The molecule has 0 spiro atoms. The summed E-state index contributed by atoms with van der Waals surface area (Å²) in [6, 6.07) is 6.17. The third-order valence-corrected chi connectivity index (χ3v) is 2.81. The number of benzene rings is 1. The summed E-state index contributed by atoms with van der Waals surface area (Å²) in [5.74, 6) is 0.778. The molecule has 1 atom stereocenters. The van der Waals surface area contributed by atoms with Gasteiger partial charge in [0.1, 0.15) is 11.6 Å². The van der Waals surface area contributed by atoms with Gasteiger partial charge in [0.05, 0.1) is 0 Å². The zero-order valence-electron chi connectivity index (χ0n) is 9.81. The predicted molar refractivity (Wildman–Crippen MR) is 64.9 cm³/mol. The molecule has 0 amide bonds. The van der Waals surface area contributed by atoms with Crippen molar-refractivity contribution in [2.45, 2.75) is 25.9 Å². The molecule has 2 rings (SSSR count). The second kappa shape index (κ2) is 5.10. The summed E-state index contributed by atoms with van der Waals surface area (Å²) >= 11 is 0. The molecule has 2 aromatic rings. The summed E-state index contributed by atoms with van der Waals surface area (Å²) in [6.45, 7) is 2.72. The first-order valence-corrected chi connectivity index (χ1v) is 5.71. The number of aryl methyl sites for hydroxylation is 1. The van der Waals surface area contributed by atoms with E-state index in [2.05, 4.69) is 11.9 Å². The van der Waals surface area contributed by atoms with Crippen molar-refractivity contribution in [2.75, 3.05) is 0 Å². The lowest BCUT2D eigenvalue weighted by molar-refractivity contribution is 0.555. The highest BCUT2D eigenvalue weighted by Crippen LogP contribution is 2.14. The van der Waals surface area contributed by atoms with Gasteiger partial charge in [-0.1, -0.05) is 19.1 Å². The number of halogens is 1. The highest BCUT2D eigenvalue weighted by molar-refractivity contribution is 5.19. The van der Waals surface area contributed by atoms with Crippen molar-refractivity contribution < 1.29 is 4.39 Å². The molecular formula is C13H16FN3. The Morgan fingerprint density at radius 1 is 1.35 bits per heavy atom. The van der Waals surface area contributed by atoms with E-state index in [0.717, 1.165) is 17.8 Å². The monoisotopic (exact) mass is 233 g/mol. The van der Waals surface area contributed by atoms with Crippen LogP contribution in [0.5, 0.6) is 0 Å². The van der Waals surface area contributed by atoms with Crippen molar-refractivity contribution in [3.8, 4) is 0 Å². The molecule has 0 saturated heterocycles. The molecule has 1 aromatic carbocycles. The smallest absolute Gasteiger partial charge is 0.123 e. The van der Waals surface area contributed by atoms with Gasteiger partial charge in [-0.05, 0) is 17.7 Å². The highest BCUT2D eigenvalue weighted by atomic mass is 19.1. The second-order valence-electron chi connectivity index (χ2n) is 4.01. The Morgan fingerprint density at radius 2 is 2.06 bits per heavy atom. The summed E-state index contributed by atoms with van der Waals surface area (Å²) in [5, 5.41) is 0. The molecule has 0 aliphatic carbocycles. The Kier molecular flexibility index (Phi) is 3.54. The minimum atomic E-state index is -0.238. The van der Waals surface area contributed by atoms with Crippen LogP contribution in [-0.4, -0.2) is 9.55 Å². The fourth-order valence-electron chi connectivity index (χ4n) is 1.85. The first kappa shape index (κ1) is 11.8. The van der Waals surface area contributed by atoms with Crippen LogP contribution in [0.1, 0.15) is 24.4 Å². The predicted octanol–water partition coefficient (Wildman–Crippen LogP) is 2.28. The summed E-state index contributed by atoms with van der Waals surface area (Å²) in [4.78, 5) is 4.24. The molecule has 0 bridgehead atoms. The van der Waals surface area contributed by atoms with E-state index in [1.807, 2.05) is 10.8 Å². The van der Waals surface area contributed by atoms with Crippen molar-refractivity contribution in [3.63, 3.8) is 0 Å². The maximum Gasteiger partial charge on any atom is 0.123 e. The molecule has 90 valence electrons. The molecular weight excluding hydrogens is 217 g/mol. The number of rotatable bonds is 4. The van der Waals surface area contributed by atoms with Crippen LogP contribution in [-0.2, 0) is 13.0 Å². The number of aromatic nitrogens is 2. The molecule has 1 heterocycles. The van der Waals surface area contributed by atoms with Crippen molar-refractivity contribution >= 4 is 0 Å². The molecule has 4 heteroatoms. The van der Waals surface area contributed by atoms with E-state index in [0.29, 0.717) is 6.54 Å². The normalized spacial score (nSPS) is 12.6. The van der Waals surface area contributed by atoms with Gasteiger partial charge in [-0.15, -0.1) is 0 Å². The van der Waals surface area contributed by atoms with Crippen LogP contribution in [0.25, 0.3) is 0 Å². The van der Waals surface area contributed by atoms with Crippen LogP contribution in [0, 0.1) is 5.82 Å². The molecule has 17 heavy (non-hydrogen) atoms. The van der Waals surface area contributed by atoms with Gasteiger partial charge >= 0.3 is 0 Å². The Hall–Kier alpha value is -1.68. The fraction of sp³-hybridized carbons (Fsp3) is 0.308. The van der Waals surface area contributed by atoms with E-state index in [-0.39, 0.29) is 11.9 Å². The summed E-state index contributed by atoms with van der Waals surface area (Å²) in [6.07, 6.45) is 4.57. The van der Waals surface area contributed by atoms with Crippen LogP contribution < -0.4 is 5.73 Å². The van der Waals surface area contributed by atoms with Gasteiger partial charge in [-0.3, -0.25) is 0 Å². The Labute approximate surface area is 100 Å². The zero-order chi connectivity index (χ0) is 12.3. The molecule has 2 N–H and O–H groups in total. The second-order valence-corrected chi connectivity index (χ2v) is 4.01. The topological polar surface area (TPSA) is 43.8 Å². The Bertz CT molecular complexity index is 476. The summed E-state index contributed by atoms with van der Waals surface area (Å²) in [5.41, 5.74) is 7.02. The first-order valence-electron chi connectivity index (χ1n) is 5.71. The molecule has 3 nitrogen and oxygen atoms in total. The molecule has 0 radical (unpaired) electrons. The van der Waals surface area contributed by atoms with Gasteiger partial charge in [-0.25, -0.2) is 9.37 Å². The fourth-order valence-corrected chi connectivity index (χ4v) is 1.85. The average Bonchev–Trinajstić information content (AvgIpc) is 2.77. The van der Waals surface area contributed by atoms with E-state index in [1.54, 1.807) is 18.3 Å². The van der Waals surface area contributed by atoms with E-state index < -0.39 is 0 Å². The minimum Gasteiger partial charge on any atom is -0.333 e. The van der Waals surface area contributed by atoms with Crippen molar-refractivity contribution in [2.24, 2.45) is 5.73 Å². The quantitative estimate of drug-likeness (QED) is 0.880. The number of hydrogen-bond acceptors (Lipinski definition) is 2. The first-order chi connectivity index (χ1) is 8.20. The van der Waals surface area contributed by atoms with Crippen LogP contribution in [0.15, 0.2) is 36.7 Å². The van der Waals surface area contributed by atoms with Gasteiger partial charge in [0.2, 0.25) is 0 Å². The lowest BCUT2D eigenvalue weighted by Crippen LogP contribution is -2.18. The molecule has 0 aliphatic heterocycles. The average molecular weight is 233 g/mol. The number of hydrogen-bond donors (Lipinski definition) is 1. The SMILES string of the molecule is CCc1nccn1CC(N)c1ccc(F)cc1. The van der Waals surface area contributed by atoms with Crippen LogP contribution in [0.4, 0.5) is 4.39 Å². The lowest BCUT2D eigenvalue weighted by atomic mass is 10.1. The van der Waals surface area contributed by atoms with Crippen LogP contribution in [0.3, 0.4) is 0 Å². The summed E-state index contributed by atoms with van der Waals surface area (Å²) < 4.78 is 14.8. The van der Waals surface area contributed by atoms with Crippen LogP contribution >= 0.6 is 0 Å². The van der Waals surface area contributed by atoms with Gasteiger partial charge in [0, 0.05) is 31.4 Å². The van der Waals surface area contributed by atoms with Gasteiger partial charge in [0.15, 0.2) is 0 Å². The minimum absolute atomic E-state index is 0.143. The number of imidazole rings is 1. The maximum absolute atomic E-state index is 12.8. The van der Waals surface area contributed by atoms with Crippen molar-refractivity contribution in [1.29, 1.82) is 0 Å². The largest absolute Gasteiger partial charge is 0.333 e. The molecule has 1 aromatic heterocycles. The summed E-state index contributed by atoms with van der Waals surface area (Å²) in [7, 11) is 0. The van der Waals surface area contributed by atoms with Crippen molar-refractivity contribution in [3.05, 3.63) is 53.9 Å². The van der Waals surface area contributed by atoms with Gasteiger partial charge < -0.3 is 10.3 Å². The Balaban J connectivity index is 2.11. The third-order valence-electron chi connectivity index (χ3n) is 2.81. The number of nitrogens with zero attached hydrogens (tertiary/aromatic N) is 2. The molecule has 1 unspecified atom stereocenters. The Morgan fingerprint density at radius 3 is 2.71 bits per heavy atom. The van der Waals surface area contributed by atoms with E-state index >= 15 is 0 Å². The maximum atomic E-state index is 12.8. The molecule has 0 fully saturated rings. The van der Waals surface area contributed by atoms with E-state index in [4.69, 9.17) is 5.73 Å². The van der Waals surface area contributed by atoms with Gasteiger partial charge in [0.25, 0.3) is 0 Å². The van der Waals surface area contributed by atoms with Gasteiger partial charge in [-0.2, -0.15) is 0 Å². The third kappa shape index (κ3) is 2.71. The zero-order valence-corrected chi connectivity index (χ0v) is 9.81. The molecule has 0 aliphatic rings. The van der Waals surface area contributed by atoms with E-state index in [1.165, 1.54) is 12.1 Å². The number of nitrogens with two attached hydrogens (primary N) is 1.